The second kappa shape index (κ2) is 15.6. The molecule has 0 radical (unpaired) electrons. The van der Waals surface area contributed by atoms with Crippen LogP contribution in [0.25, 0.3) is 0 Å². The number of carboxylic acid groups (broad SMARTS) is 1. The zero-order valence-electron chi connectivity index (χ0n) is 25.2. The van der Waals surface area contributed by atoms with Gasteiger partial charge in [0.25, 0.3) is 0 Å². The maximum absolute atomic E-state index is 12.9. The Bertz CT molecular complexity index is 1250. The van der Waals surface area contributed by atoms with Crippen molar-refractivity contribution in [3.8, 4) is 5.75 Å². The average molecular weight is 619 g/mol. The van der Waals surface area contributed by atoms with Crippen LogP contribution in [0.2, 0.25) is 0 Å². The number of carbonyl (C=O) groups excluding carboxylic acids is 4. The summed E-state index contributed by atoms with van der Waals surface area (Å²) in [5.41, 5.74) is 6.66. The third-order valence-electron chi connectivity index (χ3n) is 7.47. The number of amides is 4. The number of likely N-dealkylation sites (tertiary alicyclic amines) is 1. The molecule has 0 aliphatic carbocycles. The number of allylic oxidation sites excluding steroid dienone is 1. The lowest BCUT2D eigenvalue weighted by atomic mass is 9.94. The molecule has 242 valence electrons. The number of nitrogens with two attached hydrogens (primary N) is 1. The molecule has 2 aliphatic rings. The van der Waals surface area contributed by atoms with Gasteiger partial charge in [0.2, 0.25) is 29.9 Å². The SMILES string of the molecule is C=C(CC)OCc1ccc(OC2CC(O)CC(C(=O)O)O2)c(NC(=O)CCNC(=O)C(CN)N2C(=O)CC(C(C)C)C2=O)c1. The van der Waals surface area contributed by atoms with E-state index in [2.05, 4.69) is 17.2 Å². The van der Waals surface area contributed by atoms with Gasteiger partial charge in [0, 0.05) is 51.1 Å². The number of anilines is 1. The molecule has 2 aliphatic heterocycles. The number of hydrogen-bond donors (Lipinski definition) is 5. The van der Waals surface area contributed by atoms with Crippen molar-refractivity contribution in [3.63, 3.8) is 0 Å². The highest BCUT2D eigenvalue weighted by Crippen LogP contribution is 2.31. The molecule has 0 bridgehead atoms. The van der Waals surface area contributed by atoms with Gasteiger partial charge in [0.1, 0.15) is 18.4 Å². The molecule has 1 aromatic carbocycles. The normalized spacial score (nSPS) is 22.5. The van der Waals surface area contributed by atoms with Gasteiger partial charge in [-0.2, -0.15) is 0 Å². The van der Waals surface area contributed by atoms with Crippen molar-refractivity contribution in [3.05, 3.63) is 36.1 Å². The number of ether oxygens (including phenoxy) is 3. The minimum absolute atomic E-state index is 0.0194. The molecule has 5 unspecified atom stereocenters. The third-order valence-corrected chi connectivity index (χ3v) is 7.47. The van der Waals surface area contributed by atoms with Gasteiger partial charge in [-0.15, -0.1) is 0 Å². The highest BCUT2D eigenvalue weighted by atomic mass is 16.7. The van der Waals surface area contributed by atoms with Crippen molar-refractivity contribution in [1.29, 1.82) is 0 Å². The first kappa shape index (κ1) is 34.5. The molecule has 4 amide bonds. The number of aliphatic hydroxyl groups is 1. The van der Waals surface area contributed by atoms with Gasteiger partial charge >= 0.3 is 5.97 Å². The molecule has 3 rings (SSSR count). The topological polar surface area (TPSA) is 207 Å². The molecule has 2 fully saturated rings. The summed E-state index contributed by atoms with van der Waals surface area (Å²) in [4.78, 5) is 63.4. The van der Waals surface area contributed by atoms with Gasteiger partial charge in [0.15, 0.2) is 6.10 Å². The Kier molecular flexibility index (Phi) is 12.3. The Labute approximate surface area is 255 Å². The molecule has 0 spiro atoms. The number of hydrogen-bond acceptors (Lipinski definition) is 10. The highest BCUT2D eigenvalue weighted by molar-refractivity contribution is 6.07. The van der Waals surface area contributed by atoms with Gasteiger partial charge in [-0.25, -0.2) is 4.79 Å². The van der Waals surface area contributed by atoms with E-state index in [4.69, 9.17) is 19.9 Å². The number of carbonyl (C=O) groups is 5. The summed E-state index contributed by atoms with van der Waals surface area (Å²) >= 11 is 0. The Morgan fingerprint density at radius 2 is 1.95 bits per heavy atom. The second-order valence-corrected chi connectivity index (χ2v) is 11.1. The van der Waals surface area contributed by atoms with Crippen LogP contribution in [0.15, 0.2) is 30.5 Å². The molecule has 44 heavy (non-hydrogen) atoms. The van der Waals surface area contributed by atoms with Crippen molar-refractivity contribution < 1.29 is 48.4 Å². The number of nitrogens with one attached hydrogen (secondary N) is 2. The van der Waals surface area contributed by atoms with Crippen LogP contribution >= 0.6 is 0 Å². The van der Waals surface area contributed by atoms with Crippen LogP contribution in [0.1, 0.15) is 58.4 Å². The van der Waals surface area contributed by atoms with E-state index in [1.54, 1.807) is 18.2 Å². The number of benzene rings is 1. The number of aliphatic carboxylic acids is 1. The Morgan fingerprint density at radius 3 is 2.57 bits per heavy atom. The second-order valence-electron chi connectivity index (χ2n) is 11.1. The zero-order valence-corrected chi connectivity index (χ0v) is 25.2. The molecule has 0 aromatic heterocycles. The van der Waals surface area contributed by atoms with Crippen LogP contribution in [0.5, 0.6) is 5.75 Å². The average Bonchev–Trinajstić information content (AvgIpc) is 3.26. The quantitative estimate of drug-likeness (QED) is 0.140. The summed E-state index contributed by atoms with van der Waals surface area (Å²) in [7, 11) is 0. The van der Waals surface area contributed by atoms with Gasteiger partial charge in [0.05, 0.1) is 17.6 Å². The number of rotatable bonds is 15. The predicted octanol–water partition coefficient (Wildman–Crippen LogP) is 1.26. The van der Waals surface area contributed by atoms with Crippen LogP contribution in [-0.4, -0.2) is 82.3 Å². The highest BCUT2D eigenvalue weighted by Gasteiger charge is 2.45. The molecular formula is C30H42N4O10. The number of nitrogens with zero attached hydrogens (tertiary/aromatic N) is 1. The zero-order chi connectivity index (χ0) is 32.6. The van der Waals surface area contributed by atoms with Crippen molar-refractivity contribution in [2.75, 3.05) is 18.4 Å². The van der Waals surface area contributed by atoms with Gasteiger partial charge in [-0.05, 0) is 23.6 Å². The maximum Gasteiger partial charge on any atom is 0.333 e. The Hall–Kier alpha value is -4.01. The standard InChI is InChI=1S/C30H42N4O10/c1-5-17(4)42-15-18-6-7-23(43-27-12-19(35)11-24(44-27)30(40)41)21(10-18)33-25(36)8-9-32-28(38)22(14-31)34-26(37)13-20(16(2)3)29(34)39/h6-7,10,16,19-20,22,24,27,35H,4-5,8-9,11-15,31H2,1-3H3,(H,32,38)(H,33,36)(H,40,41). The van der Waals surface area contributed by atoms with Gasteiger partial charge < -0.3 is 40.8 Å². The van der Waals surface area contributed by atoms with E-state index in [-0.39, 0.29) is 62.7 Å². The summed E-state index contributed by atoms with van der Waals surface area (Å²) < 4.78 is 16.9. The molecule has 0 saturated carbocycles. The van der Waals surface area contributed by atoms with Gasteiger partial charge in [-0.1, -0.05) is 33.4 Å². The molecular weight excluding hydrogens is 576 g/mol. The first-order valence-electron chi connectivity index (χ1n) is 14.6. The summed E-state index contributed by atoms with van der Waals surface area (Å²) in [6.07, 6.45) is -2.89. The van der Waals surface area contributed by atoms with Crippen molar-refractivity contribution in [2.24, 2.45) is 17.6 Å². The first-order chi connectivity index (χ1) is 20.8. The Balaban J connectivity index is 1.66. The van der Waals surface area contributed by atoms with Gasteiger partial charge in [-0.3, -0.25) is 24.1 Å². The molecule has 14 nitrogen and oxygen atoms in total. The summed E-state index contributed by atoms with van der Waals surface area (Å²) in [5.74, 6) is -3.11. The molecule has 1 aromatic rings. The fourth-order valence-electron chi connectivity index (χ4n) is 4.87. The summed E-state index contributed by atoms with van der Waals surface area (Å²) in [6.45, 7) is 9.15. The summed E-state index contributed by atoms with van der Waals surface area (Å²) in [6, 6.07) is 3.69. The number of imide groups is 1. The lowest BCUT2D eigenvalue weighted by Gasteiger charge is -2.31. The van der Waals surface area contributed by atoms with Crippen LogP contribution in [0.4, 0.5) is 5.69 Å². The fourth-order valence-corrected chi connectivity index (χ4v) is 4.87. The smallest absolute Gasteiger partial charge is 0.333 e. The number of carboxylic acids is 1. The van der Waals surface area contributed by atoms with E-state index >= 15 is 0 Å². The van der Waals surface area contributed by atoms with Crippen molar-refractivity contribution in [1.82, 2.24) is 10.2 Å². The van der Waals surface area contributed by atoms with Crippen molar-refractivity contribution in [2.45, 2.75) is 84.0 Å². The van der Waals surface area contributed by atoms with Crippen LogP contribution in [0, 0.1) is 11.8 Å². The lowest BCUT2D eigenvalue weighted by Crippen LogP contribution is -2.53. The minimum atomic E-state index is -1.25. The minimum Gasteiger partial charge on any atom is -0.494 e. The third kappa shape index (κ3) is 9.00. The molecule has 6 N–H and O–H groups in total. The lowest BCUT2D eigenvalue weighted by molar-refractivity contribution is -0.195. The summed E-state index contributed by atoms with van der Waals surface area (Å²) in [5, 5.41) is 24.7. The molecule has 2 saturated heterocycles. The van der Waals surface area contributed by atoms with E-state index in [1.807, 2.05) is 20.8 Å². The molecule has 5 atom stereocenters. The Morgan fingerprint density at radius 1 is 1.23 bits per heavy atom. The van der Waals surface area contributed by atoms with E-state index in [0.717, 1.165) is 4.90 Å². The van der Waals surface area contributed by atoms with Crippen molar-refractivity contribution >= 4 is 35.3 Å². The monoisotopic (exact) mass is 618 g/mol. The van der Waals surface area contributed by atoms with E-state index < -0.39 is 60.1 Å². The maximum atomic E-state index is 12.9. The largest absolute Gasteiger partial charge is 0.494 e. The fraction of sp³-hybridized carbons (Fsp3) is 0.567. The van der Waals surface area contributed by atoms with E-state index in [9.17, 15) is 34.2 Å². The predicted molar refractivity (Wildman–Crippen MR) is 157 cm³/mol. The van der Waals surface area contributed by atoms with Crippen LogP contribution in [0.3, 0.4) is 0 Å². The number of aliphatic hydroxyl groups excluding tert-OH is 1. The van der Waals surface area contributed by atoms with Crippen LogP contribution in [-0.2, 0) is 40.1 Å². The first-order valence-corrected chi connectivity index (χ1v) is 14.6. The van der Waals surface area contributed by atoms with Crippen LogP contribution < -0.4 is 21.1 Å². The molecule has 14 heteroatoms. The molecule has 2 heterocycles. The van der Waals surface area contributed by atoms with E-state index in [1.165, 1.54) is 0 Å². The van der Waals surface area contributed by atoms with E-state index in [0.29, 0.717) is 17.7 Å².